The van der Waals surface area contributed by atoms with Gasteiger partial charge in [-0.15, -0.1) is 0 Å². The summed E-state index contributed by atoms with van der Waals surface area (Å²) in [7, 11) is 0. The Morgan fingerprint density at radius 1 is 1.00 bits per heavy atom. The third-order valence-electron chi connectivity index (χ3n) is 4.42. The summed E-state index contributed by atoms with van der Waals surface area (Å²) in [5, 5.41) is 0. The number of fused-ring (bicyclic) bond motifs is 5. The molecule has 2 bridgehead atoms. The average Bonchev–Trinajstić information content (AvgIpc) is 3.13. The zero-order valence-electron chi connectivity index (χ0n) is 11.4. The van der Waals surface area contributed by atoms with Gasteiger partial charge >= 0.3 is 6.18 Å². The summed E-state index contributed by atoms with van der Waals surface area (Å²) < 4.78 is 57.3. The summed E-state index contributed by atoms with van der Waals surface area (Å²) >= 11 is 0. The third kappa shape index (κ3) is 1.87. The van der Waals surface area contributed by atoms with E-state index in [1.807, 2.05) is 0 Å². The van der Waals surface area contributed by atoms with Gasteiger partial charge in [0.05, 0.1) is 35.3 Å². The van der Waals surface area contributed by atoms with Crippen molar-refractivity contribution in [3.8, 4) is 0 Å². The first-order valence-electron chi connectivity index (χ1n) is 6.87. The Kier molecular flexibility index (Phi) is 2.76. The van der Waals surface area contributed by atoms with Crippen molar-refractivity contribution in [2.24, 2.45) is 11.8 Å². The van der Waals surface area contributed by atoms with Gasteiger partial charge < -0.3 is 4.74 Å². The molecule has 2 fully saturated rings. The average molecular weight is 327 g/mol. The van der Waals surface area contributed by atoms with Crippen LogP contribution in [0.4, 0.5) is 23.2 Å². The molecule has 1 aromatic carbocycles. The molecule has 3 aliphatic heterocycles. The van der Waals surface area contributed by atoms with Crippen molar-refractivity contribution in [2.45, 2.75) is 18.4 Å². The second-order valence-electron chi connectivity index (χ2n) is 5.68. The molecule has 2 saturated heterocycles. The summed E-state index contributed by atoms with van der Waals surface area (Å²) in [4.78, 5) is 25.6. The molecule has 3 heterocycles. The quantitative estimate of drug-likeness (QED) is 0.452. The summed E-state index contributed by atoms with van der Waals surface area (Å²) in [6.45, 7) is 0. The number of anilines is 1. The first kappa shape index (κ1) is 14.4. The molecule has 0 N–H and O–H groups in total. The van der Waals surface area contributed by atoms with Gasteiger partial charge in [0.25, 0.3) is 0 Å². The number of imide groups is 1. The zero-order valence-corrected chi connectivity index (χ0v) is 11.4. The number of hydrogen-bond donors (Lipinski definition) is 0. The predicted octanol–water partition coefficient (Wildman–Crippen LogP) is 2.29. The number of carbonyl (C=O) groups excluding carboxylic acids is 2. The second-order valence-corrected chi connectivity index (χ2v) is 5.68. The first-order valence-corrected chi connectivity index (χ1v) is 6.87. The minimum Gasteiger partial charge on any atom is -0.365 e. The van der Waals surface area contributed by atoms with Crippen molar-refractivity contribution in [3.05, 3.63) is 41.7 Å². The van der Waals surface area contributed by atoms with Gasteiger partial charge in [0.15, 0.2) is 0 Å². The van der Waals surface area contributed by atoms with Crippen molar-refractivity contribution < 1.29 is 31.9 Å². The maximum atomic E-state index is 13.4. The fraction of sp³-hybridized carbons (Fsp3) is 0.333. The highest BCUT2D eigenvalue weighted by Crippen LogP contribution is 2.46. The van der Waals surface area contributed by atoms with Gasteiger partial charge in [-0.3, -0.25) is 9.59 Å². The van der Waals surface area contributed by atoms with Crippen LogP contribution in [-0.4, -0.2) is 24.0 Å². The molecular weight excluding hydrogens is 318 g/mol. The van der Waals surface area contributed by atoms with Gasteiger partial charge in [-0.05, 0) is 18.2 Å². The smallest absolute Gasteiger partial charge is 0.365 e. The molecule has 0 spiro atoms. The Labute approximate surface area is 127 Å². The molecule has 8 heteroatoms. The van der Waals surface area contributed by atoms with Crippen LogP contribution < -0.4 is 4.90 Å². The number of nitrogens with zero attached hydrogens (tertiary/aromatic N) is 1. The lowest BCUT2D eigenvalue weighted by Gasteiger charge is -2.19. The lowest BCUT2D eigenvalue weighted by atomic mass is 9.85. The largest absolute Gasteiger partial charge is 0.419 e. The van der Waals surface area contributed by atoms with E-state index in [2.05, 4.69) is 0 Å². The van der Waals surface area contributed by atoms with Gasteiger partial charge in [0.1, 0.15) is 5.82 Å². The van der Waals surface area contributed by atoms with Crippen LogP contribution in [-0.2, 0) is 20.5 Å². The number of halogens is 4. The Hall–Kier alpha value is -2.22. The number of alkyl halides is 3. The van der Waals surface area contributed by atoms with E-state index >= 15 is 0 Å². The molecule has 120 valence electrons. The highest BCUT2D eigenvalue weighted by Gasteiger charge is 2.61. The van der Waals surface area contributed by atoms with Crippen LogP contribution in [0.25, 0.3) is 0 Å². The summed E-state index contributed by atoms with van der Waals surface area (Å²) in [6.07, 6.45) is -2.63. The number of amides is 2. The molecule has 2 amide bonds. The minimum atomic E-state index is -4.91. The van der Waals surface area contributed by atoms with Crippen LogP contribution in [0.15, 0.2) is 30.4 Å². The molecule has 23 heavy (non-hydrogen) atoms. The Bertz CT molecular complexity index is 728. The van der Waals surface area contributed by atoms with Crippen molar-refractivity contribution in [1.82, 2.24) is 0 Å². The SMILES string of the molecule is O=C1C2C3C=CC(O3)[C@H]2C(=O)N1c1ccc(F)c(C(F)(F)F)c1. The van der Waals surface area contributed by atoms with Crippen LogP contribution in [0.1, 0.15) is 5.56 Å². The van der Waals surface area contributed by atoms with Crippen molar-refractivity contribution in [2.75, 3.05) is 4.90 Å². The van der Waals surface area contributed by atoms with E-state index in [1.165, 1.54) is 0 Å². The van der Waals surface area contributed by atoms with Crippen LogP contribution in [0, 0.1) is 17.7 Å². The van der Waals surface area contributed by atoms with Gasteiger partial charge in [-0.1, -0.05) is 12.2 Å². The van der Waals surface area contributed by atoms with E-state index in [0.717, 1.165) is 6.07 Å². The maximum absolute atomic E-state index is 13.4. The normalized spacial score (nSPS) is 32.1. The second kappa shape index (κ2) is 4.41. The number of rotatable bonds is 1. The highest BCUT2D eigenvalue weighted by molar-refractivity contribution is 6.23. The van der Waals surface area contributed by atoms with E-state index in [1.54, 1.807) is 12.2 Å². The zero-order chi connectivity index (χ0) is 16.5. The monoisotopic (exact) mass is 327 g/mol. The number of ether oxygens (including phenoxy) is 1. The summed E-state index contributed by atoms with van der Waals surface area (Å²) in [6, 6.07) is 2.09. The van der Waals surface area contributed by atoms with Crippen LogP contribution in [0.3, 0.4) is 0 Å². The Balaban J connectivity index is 1.75. The van der Waals surface area contributed by atoms with Gasteiger partial charge in [-0.25, -0.2) is 9.29 Å². The van der Waals surface area contributed by atoms with E-state index in [0.29, 0.717) is 17.0 Å². The predicted molar refractivity (Wildman–Crippen MR) is 68.7 cm³/mol. The molecule has 0 aromatic heterocycles. The van der Waals surface area contributed by atoms with E-state index in [-0.39, 0.29) is 5.69 Å². The lowest BCUT2D eigenvalue weighted by Crippen LogP contribution is -2.34. The van der Waals surface area contributed by atoms with Gasteiger partial charge in [0.2, 0.25) is 11.8 Å². The summed E-state index contributed by atoms with van der Waals surface area (Å²) in [5.74, 6) is -4.13. The topological polar surface area (TPSA) is 46.6 Å². The van der Waals surface area contributed by atoms with Crippen LogP contribution in [0.2, 0.25) is 0 Å². The molecule has 4 atom stereocenters. The molecule has 1 aromatic rings. The molecule has 4 nitrogen and oxygen atoms in total. The van der Waals surface area contributed by atoms with Crippen molar-refractivity contribution in [1.29, 1.82) is 0 Å². The maximum Gasteiger partial charge on any atom is 0.419 e. The number of carbonyl (C=O) groups is 2. The lowest BCUT2D eigenvalue weighted by molar-refractivity contribution is -0.140. The molecule has 3 unspecified atom stereocenters. The van der Waals surface area contributed by atoms with E-state index < -0.39 is 53.4 Å². The fourth-order valence-electron chi connectivity index (χ4n) is 3.43. The number of hydrogen-bond acceptors (Lipinski definition) is 3. The highest BCUT2D eigenvalue weighted by atomic mass is 19.4. The van der Waals surface area contributed by atoms with Crippen LogP contribution >= 0.6 is 0 Å². The molecule has 4 rings (SSSR count). The molecule has 0 radical (unpaired) electrons. The first-order chi connectivity index (χ1) is 10.8. The summed E-state index contributed by atoms with van der Waals surface area (Å²) in [5.41, 5.74) is -1.78. The van der Waals surface area contributed by atoms with Gasteiger partial charge in [-0.2, -0.15) is 13.2 Å². The van der Waals surface area contributed by atoms with Crippen molar-refractivity contribution in [3.63, 3.8) is 0 Å². The fourth-order valence-corrected chi connectivity index (χ4v) is 3.43. The third-order valence-corrected chi connectivity index (χ3v) is 4.42. The standard InChI is InChI=1S/C15H9F4NO3/c16-8-2-1-6(5-7(8)15(17,18)19)20-13(21)11-9-3-4-10(23-9)12(11)14(20)22/h1-5,9-12H/t9?,10?,11-,12?/m1/s1. The van der Waals surface area contributed by atoms with Crippen LogP contribution in [0.5, 0.6) is 0 Å². The van der Waals surface area contributed by atoms with E-state index in [4.69, 9.17) is 4.74 Å². The molecular formula is C15H9F4NO3. The van der Waals surface area contributed by atoms with Gasteiger partial charge in [0, 0.05) is 0 Å². The van der Waals surface area contributed by atoms with E-state index in [9.17, 15) is 27.2 Å². The van der Waals surface area contributed by atoms with Crippen molar-refractivity contribution >= 4 is 17.5 Å². The molecule has 0 aliphatic carbocycles. The Morgan fingerprint density at radius 3 is 2.09 bits per heavy atom. The Morgan fingerprint density at radius 2 is 1.57 bits per heavy atom. The minimum absolute atomic E-state index is 0.275. The number of benzene rings is 1. The molecule has 3 aliphatic rings. The molecule has 0 saturated carbocycles.